The van der Waals surface area contributed by atoms with Crippen molar-refractivity contribution in [1.82, 2.24) is 4.90 Å². The van der Waals surface area contributed by atoms with Crippen LogP contribution in [0.25, 0.3) is 10.8 Å². The molecule has 200 valence electrons. The zero-order chi connectivity index (χ0) is 27.0. The Hall–Kier alpha value is -2.66. The highest BCUT2D eigenvalue weighted by molar-refractivity contribution is 6.33. The lowest BCUT2D eigenvalue weighted by Crippen LogP contribution is -2.60. The lowest BCUT2D eigenvalue weighted by molar-refractivity contribution is -0.143. The molecule has 0 bridgehead atoms. The summed E-state index contributed by atoms with van der Waals surface area (Å²) in [6.45, 7) is 10.1. The van der Waals surface area contributed by atoms with E-state index < -0.39 is 0 Å². The molecule has 1 amide bonds. The fraction of sp³-hybridized carbons (Fsp3) is 0.424. The molecule has 1 heterocycles. The van der Waals surface area contributed by atoms with Crippen molar-refractivity contribution in [3.63, 3.8) is 0 Å². The molecule has 4 nitrogen and oxygen atoms in total. The number of fused-ring (bicyclic) bond motifs is 1. The van der Waals surface area contributed by atoms with E-state index in [4.69, 9.17) is 23.1 Å². The molecule has 2 aromatic carbocycles. The van der Waals surface area contributed by atoms with Gasteiger partial charge in [-0.1, -0.05) is 84.8 Å². The van der Waals surface area contributed by atoms with Crippen molar-refractivity contribution in [2.75, 3.05) is 13.1 Å². The van der Waals surface area contributed by atoms with Crippen molar-refractivity contribution in [3.8, 4) is 0 Å². The number of nitrogens with zero attached hydrogens (tertiary/aromatic N) is 1. The number of benzene rings is 2. The summed E-state index contributed by atoms with van der Waals surface area (Å²) in [5.74, 6) is 0.702. The van der Waals surface area contributed by atoms with Crippen molar-refractivity contribution in [2.24, 2.45) is 23.3 Å². The minimum absolute atomic E-state index is 0.0954. The number of amides is 1. The van der Waals surface area contributed by atoms with Gasteiger partial charge in [0, 0.05) is 36.1 Å². The van der Waals surface area contributed by atoms with Crippen LogP contribution in [0.3, 0.4) is 0 Å². The Morgan fingerprint density at radius 2 is 1.82 bits per heavy atom. The Kier molecular flexibility index (Phi) is 7.95. The quantitative estimate of drug-likeness (QED) is 0.436. The lowest BCUT2D eigenvalue weighted by atomic mass is 9.68. The Bertz CT molecular complexity index is 1340. The van der Waals surface area contributed by atoms with Crippen molar-refractivity contribution in [2.45, 2.75) is 64.5 Å². The van der Waals surface area contributed by atoms with Crippen molar-refractivity contribution >= 4 is 28.3 Å². The highest BCUT2D eigenvalue weighted by atomic mass is 35.5. The summed E-state index contributed by atoms with van der Waals surface area (Å²) in [5, 5.41) is 3.38. The van der Waals surface area contributed by atoms with Gasteiger partial charge in [0.25, 0.3) is 0 Å². The normalized spacial score (nSPS) is 26.4. The zero-order valence-electron chi connectivity index (χ0n) is 22.7. The number of halogens is 1. The molecule has 5 rings (SSSR count). The minimum Gasteiger partial charge on any atom is -0.339 e. The number of allylic oxidation sites excluding steroid dienone is 4. The van der Waals surface area contributed by atoms with Gasteiger partial charge in [0.1, 0.15) is 0 Å². The second-order valence-corrected chi connectivity index (χ2v) is 11.8. The van der Waals surface area contributed by atoms with Gasteiger partial charge in [-0.3, -0.25) is 4.79 Å². The zero-order valence-corrected chi connectivity index (χ0v) is 23.4. The predicted octanol–water partition coefficient (Wildman–Crippen LogP) is 6.40. The minimum atomic E-state index is -0.102. The third-order valence-electron chi connectivity index (χ3n) is 8.73. The monoisotopic (exact) mass is 529 g/mol. The summed E-state index contributed by atoms with van der Waals surface area (Å²) in [6.07, 6.45) is 7.38. The molecule has 2 fully saturated rings. The summed E-state index contributed by atoms with van der Waals surface area (Å²) in [5.41, 5.74) is 19.7. The first-order valence-electron chi connectivity index (χ1n) is 14.0. The van der Waals surface area contributed by atoms with Gasteiger partial charge in [-0.2, -0.15) is 0 Å². The largest absolute Gasteiger partial charge is 0.339 e. The first-order valence-corrected chi connectivity index (χ1v) is 14.4. The van der Waals surface area contributed by atoms with Crippen LogP contribution in [0.2, 0.25) is 0 Å². The Labute approximate surface area is 232 Å². The molecule has 3 aliphatic rings. The number of carbonyl (C=O) groups is 1. The third-order valence-corrected chi connectivity index (χ3v) is 9.19. The van der Waals surface area contributed by atoms with Crippen LogP contribution in [-0.4, -0.2) is 36.0 Å². The lowest BCUT2D eigenvalue weighted by Gasteiger charge is -2.44. The molecule has 1 unspecified atom stereocenters. The van der Waals surface area contributed by atoms with Gasteiger partial charge in [-0.05, 0) is 84.4 Å². The molecule has 5 heteroatoms. The van der Waals surface area contributed by atoms with Gasteiger partial charge in [-0.15, -0.1) is 0 Å². The van der Waals surface area contributed by atoms with Gasteiger partial charge in [-0.25, -0.2) is 0 Å². The number of carbonyl (C=O) groups excluding carboxylic acids is 1. The maximum absolute atomic E-state index is 12.8. The van der Waals surface area contributed by atoms with E-state index in [-0.39, 0.29) is 23.9 Å². The fourth-order valence-electron chi connectivity index (χ4n) is 6.15. The van der Waals surface area contributed by atoms with Gasteiger partial charge in [0.05, 0.1) is 0 Å². The smallest absolute Gasteiger partial charge is 0.225 e. The SMILES string of the molecule is C=C(C=C1C(=C(C)C2CC(C(=O)N3CC(N)C3)C2)C(Cl)=C(CC)CC1N)CCc1ccc2ccccc2c1. The molecule has 0 radical (unpaired) electrons. The van der Waals surface area contributed by atoms with Crippen LogP contribution < -0.4 is 11.5 Å². The fourth-order valence-corrected chi connectivity index (χ4v) is 6.62. The summed E-state index contributed by atoms with van der Waals surface area (Å²) < 4.78 is 0. The van der Waals surface area contributed by atoms with E-state index in [2.05, 4.69) is 69.0 Å². The number of nitrogens with two attached hydrogens (primary N) is 2. The first-order chi connectivity index (χ1) is 18.2. The van der Waals surface area contributed by atoms with Crippen LogP contribution in [0.4, 0.5) is 0 Å². The van der Waals surface area contributed by atoms with Gasteiger partial charge < -0.3 is 16.4 Å². The second-order valence-electron chi connectivity index (χ2n) is 11.4. The second kappa shape index (κ2) is 11.2. The van der Waals surface area contributed by atoms with E-state index in [0.717, 1.165) is 60.3 Å². The first kappa shape index (κ1) is 26.9. The molecule has 0 aromatic heterocycles. The van der Waals surface area contributed by atoms with Crippen molar-refractivity contribution in [1.29, 1.82) is 0 Å². The number of hydrogen-bond donors (Lipinski definition) is 2. The number of aryl methyl sites for hydroxylation is 1. The molecule has 2 aromatic rings. The van der Waals surface area contributed by atoms with E-state index in [1.807, 2.05) is 4.90 Å². The van der Waals surface area contributed by atoms with Crippen LogP contribution in [0, 0.1) is 11.8 Å². The topological polar surface area (TPSA) is 72.3 Å². The Morgan fingerprint density at radius 3 is 2.50 bits per heavy atom. The average molecular weight is 530 g/mol. The molecule has 1 aliphatic heterocycles. The van der Waals surface area contributed by atoms with E-state index in [1.54, 1.807) is 0 Å². The number of rotatable bonds is 7. The molecule has 4 N–H and O–H groups in total. The van der Waals surface area contributed by atoms with Crippen LogP contribution in [0.15, 0.2) is 88.0 Å². The summed E-state index contributed by atoms with van der Waals surface area (Å²) in [7, 11) is 0. The molecule has 0 spiro atoms. The summed E-state index contributed by atoms with van der Waals surface area (Å²) in [4.78, 5) is 14.7. The molecular formula is C33H40ClN3O. The maximum Gasteiger partial charge on any atom is 0.225 e. The Morgan fingerprint density at radius 1 is 1.11 bits per heavy atom. The van der Waals surface area contributed by atoms with Gasteiger partial charge in [0.15, 0.2) is 0 Å². The summed E-state index contributed by atoms with van der Waals surface area (Å²) >= 11 is 7.04. The van der Waals surface area contributed by atoms with E-state index >= 15 is 0 Å². The highest BCUT2D eigenvalue weighted by Gasteiger charge is 2.42. The average Bonchev–Trinajstić information content (AvgIpc) is 2.86. The molecule has 2 aliphatic carbocycles. The Balaban J connectivity index is 1.33. The molecule has 1 atom stereocenters. The number of likely N-dealkylation sites (tertiary alicyclic amines) is 1. The van der Waals surface area contributed by atoms with Crippen molar-refractivity contribution in [3.05, 3.63) is 93.6 Å². The molecule has 1 saturated carbocycles. The number of hydrogen-bond acceptors (Lipinski definition) is 3. The van der Waals surface area contributed by atoms with E-state index in [0.29, 0.717) is 19.0 Å². The standard InChI is InChI=1S/C33H40ClN3O/c1-4-23-17-30(36)29(13-20(2)9-10-22-11-12-24-7-5-6-8-25(24)14-22)31(32(23)34)21(3)26-15-27(16-26)33(38)37-18-28(35)19-37/h5-8,11-14,26-28,30H,2,4,9-10,15-19,35-36H2,1,3H3. The van der Waals surface area contributed by atoms with E-state index in [9.17, 15) is 4.79 Å². The summed E-state index contributed by atoms with van der Waals surface area (Å²) in [6, 6.07) is 15.2. The van der Waals surface area contributed by atoms with Gasteiger partial charge in [0.2, 0.25) is 5.91 Å². The van der Waals surface area contributed by atoms with Crippen LogP contribution in [0.1, 0.15) is 51.5 Å². The van der Waals surface area contributed by atoms with Crippen LogP contribution in [0.5, 0.6) is 0 Å². The van der Waals surface area contributed by atoms with Crippen molar-refractivity contribution < 1.29 is 4.79 Å². The van der Waals surface area contributed by atoms with Crippen LogP contribution >= 0.6 is 11.6 Å². The molecule has 38 heavy (non-hydrogen) atoms. The predicted molar refractivity (Wildman–Crippen MR) is 159 cm³/mol. The maximum atomic E-state index is 12.8. The van der Waals surface area contributed by atoms with Crippen LogP contribution in [-0.2, 0) is 11.2 Å². The molecular weight excluding hydrogens is 490 g/mol. The molecule has 1 saturated heterocycles. The van der Waals surface area contributed by atoms with Gasteiger partial charge >= 0.3 is 0 Å². The third kappa shape index (κ3) is 5.40. The highest BCUT2D eigenvalue weighted by Crippen LogP contribution is 2.47. The van der Waals surface area contributed by atoms with E-state index in [1.165, 1.54) is 27.5 Å².